The molecule has 2 aliphatic rings. The van der Waals surface area contributed by atoms with Crippen LogP contribution in [0.2, 0.25) is 0 Å². The molecule has 182 valence electrons. The van der Waals surface area contributed by atoms with E-state index >= 15 is 0 Å². The van der Waals surface area contributed by atoms with Gasteiger partial charge in [-0.25, -0.2) is 9.97 Å². The molecule has 0 amide bonds. The van der Waals surface area contributed by atoms with Crippen molar-refractivity contribution in [1.82, 2.24) is 19.9 Å². The number of nitrogens with zero attached hydrogens (tertiary/aromatic N) is 4. The molecule has 0 saturated heterocycles. The Hall–Kier alpha value is -1.85. The van der Waals surface area contributed by atoms with Crippen LogP contribution >= 0.6 is 11.3 Å². The summed E-state index contributed by atoms with van der Waals surface area (Å²) in [7, 11) is 2.09. The lowest BCUT2D eigenvalue weighted by Crippen LogP contribution is -2.48. The zero-order chi connectivity index (χ0) is 24.0. The van der Waals surface area contributed by atoms with E-state index < -0.39 is 11.8 Å². The van der Waals surface area contributed by atoms with Crippen LogP contribution in [0.3, 0.4) is 0 Å². The molecule has 33 heavy (non-hydrogen) atoms. The van der Waals surface area contributed by atoms with E-state index in [0.717, 1.165) is 41.5 Å². The van der Waals surface area contributed by atoms with Crippen LogP contribution in [-0.2, 0) is 13.0 Å². The van der Waals surface area contributed by atoms with Gasteiger partial charge in [-0.15, -0.1) is 11.3 Å². The SMILES string of the molecule is Cc1nc(NCC(C)(C)C)nc(NC2(O)CCC(CO)C2O)c1-c1nc2c(s1)CCN(C)C2. The molecule has 0 aromatic carbocycles. The normalized spacial score (nSPS) is 25.8. The number of anilines is 2. The molecule has 1 fully saturated rings. The molecule has 1 aliphatic carbocycles. The van der Waals surface area contributed by atoms with Gasteiger partial charge in [-0.2, -0.15) is 4.98 Å². The second-order valence-electron chi connectivity index (χ2n) is 10.6. The molecule has 10 heteroatoms. The average molecular weight is 477 g/mol. The monoisotopic (exact) mass is 476 g/mol. The highest BCUT2D eigenvalue weighted by molar-refractivity contribution is 7.15. The Bertz CT molecular complexity index is 1010. The zero-order valence-corrected chi connectivity index (χ0v) is 21.0. The lowest BCUT2D eigenvalue weighted by Gasteiger charge is -2.31. The molecule has 3 heterocycles. The summed E-state index contributed by atoms with van der Waals surface area (Å²) >= 11 is 1.64. The van der Waals surface area contributed by atoms with E-state index in [2.05, 4.69) is 43.4 Å². The Morgan fingerprint density at radius 2 is 2.00 bits per heavy atom. The first-order valence-corrected chi connectivity index (χ1v) is 12.4. The highest BCUT2D eigenvalue weighted by Crippen LogP contribution is 2.41. The fourth-order valence-electron chi connectivity index (χ4n) is 4.41. The van der Waals surface area contributed by atoms with Crippen LogP contribution < -0.4 is 10.6 Å². The second kappa shape index (κ2) is 9.07. The number of aromatic nitrogens is 3. The van der Waals surface area contributed by atoms with Crippen molar-refractivity contribution in [2.24, 2.45) is 11.3 Å². The van der Waals surface area contributed by atoms with E-state index in [-0.39, 0.29) is 17.9 Å². The van der Waals surface area contributed by atoms with Crippen molar-refractivity contribution in [3.63, 3.8) is 0 Å². The fraction of sp³-hybridized carbons (Fsp3) is 0.696. The predicted octanol–water partition coefficient (Wildman–Crippen LogP) is 2.22. The number of aliphatic hydroxyl groups is 3. The van der Waals surface area contributed by atoms with E-state index in [1.165, 1.54) is 4.88 Å². The molecule has 0 radical (unpaired) electrons. The highest BCUT2D eigenvalue weighted by atomic mass is 32.1. The van der Waals surface area contributed by atoms with Gasteiger partial charge in [0.05, 0.1) is 17.0 Å². The van der Waals surface area contributed by atoms with Gasteiger partial charge in [-0.05, 0) is 38.6 Å². The van der Waals surface area contributed by atoms with Crippen LogP contribution in [0, 0.1) is 18.3 Å². The number of aryl methyl sites for hydroxylation is 1. The number of thiazole rings is 1. The minimum Gasteiger partial charge on any atom is -0.396 e. The Morgan fingerprint density at radius 1 is 1.24 bits per heavy atom. The molecule has 2 aromatic rings. The molecule has 5 N–H and O–H groups in total. The summed E-state index contributed by atoms with van der Waals surface area (Å²) in [5.74, 6) is 0.526. The number of nitrogens with one attached hydrogen (secondary N) is 2. The van der Waals surface area contributed by atoms with Crippen LogP contribution in [0.5, 0.6) is 0 Å². The molecule has 4 rings (SSSR count). The molecule has 0 spiro atoms. The fourth-order valence-corrected chi connectivity index (χ4v) is 5.57. The van der Waals surface area contributed by atoms with Gasteiger partial charge in [0, 0.05) is 37.0 Å². The smallest absolute Gasteiger partial charge is 0.224 e. The molecule has 3 atom stereocenters. The first-order chi connectivity index (χ1) is 15.5. The van der Waals surface area contributed by atoms with Crippen LogP contribution in [0.25, 0.3) is 10.6 Å². The van der Waals surface area contributed by atoms with Gasteiger partial charge >= 0.3 is 0 Å². The quantitative estimate of drug-likeness (QED) is 0.399. The minimum absolute atomic E-state index is 0.0398. The van der Waals surface area contributed by atoms with E-state index in [1.54, 1.807) is 11.3 Å². The van der Waals surface area contributed by atoms with Gasteiger partial charge in [-0.1, -0.05) is 20.8 Å². The molecule has 0 bridgehead atoms. The number of aliphatic hydroxyl groups excluding tert-OH is 2. The van der Waals surface area contributed by atoms with Crippen LogP contribution in [0.4, 0.5) is 11.8 Å². The van der Waals surface area contributed by atoms with Gasteiger partial charge in [0.1, 0.15) is 16.9 Å². The second-order valence-corrected chi connectivity index (χ2v) is 11.7. The molecule has 3 unspecified atom stereocenters. The maximum atomic E-state index is 11.2. The van der Waals surface area contributed by atoms with Crippen LogP contribution in [0.1, 0.15) is 49.9 Å². The minimum atomic E-state index is -1.58. The maximum Gasteiger partial charge on any atom is 0.224 e. The third kappa shape index (κ3) is 5.14. The lowest BCUT2D eigenvalue weighted by molar-refractivity contribution is -0.0545. The Balaban J connectivity index is 1.74. The number of likely N-dealkylation sites (N-methyl/N-ethyl adjacent to an activating group) is 1. The summed E-state index contributed by atoms with van der Waals surface area (Å²) in [6, 6.07) is 0. The summed E-state index contributed by atoms with van der Waals surface area (Å²) in [5, 5.41) is 38.7. The molecule has 1 aliphatic heterocycles. The molecular formula is C23H36N6O3S. The number of hydrogen-bond acceptors (Lipinski definition) is 10. The highest BCUT2D eigenvalue weighted by Gasteiger charge is 2.47. The third-order valence-corrected chi connectivity index (χ3v) is 7.58. The van der Waals surface area contributed by atoms with E-state index in [4.69, 9.17) is 15.0 Å². The summed E-state index contributed by atoms with van der Waals surface area (Å²) in [4.78, 5) is 17.8. The van der Waals surface area contributed by atoms with E-state index in [9.17, 15) is 15.3 Å². The molecule has 2 aromatic heterocycles. The third-order valence-electron chi connectivity index (χ3n) is 6.40. The Kier molecular flexibility index (Phi) is 6.67. The first-order valence-electron chi connectivity index (χ1n) is 11.6. The summed E-state index contributed by atoms with van der Waals surface area (Å²) < 4.78 is 0. The summed E-state index contributed by atoms with van der Waals surface area (Å²) in [6.45, 7) is 10.6. The van der Waals surface area contributed by atoms with Crippen molar-refractivity contribution >= 4 is 23.1 Å². The van der Waals surface area contributed by atoms with Gasteiger partial charge in [-0.3, -0.25) is 0 Å². The number of fused-ring (bicyclic) bond motifs is 1. The van der Waals surface area contributed by atoms with E-state index in [0.29, 0.717) is 31.2 Å². The topological polar surface area (TPSA) is 127 Å². The Morgan fingerprint density at radius 3 is 2.67 bits per heavy atom. The van der Waals surface area contributed by atoms with Crippen molar-refractivity contribution in [2.45, 2.75) is 65.3 Å². The maximum absolute atomic E-state index is 11.2. The summed E-state index contributed by atoms with van der Waals surface area (Å²) in [6.07, 6.45) is 0.687. The molecule has 9 nitrogen and oxygen atoms in total. The van der Waals surface area contributed by atoms with Crippen molar-refractivity contribution < 1.29 is 15.3 Å². The first kappa shape index (κ1) is 24.3. The van der Waals surface area contributed by atoms with Crippen molar-refractivity contribution in [3.8, 4) is 10.6 Å². The Labute approximate surface area is 199 Å². The predicted molar refractivity (Wildman–Crippen MR) is 130 cm³/mol. The van der Waals surface area contributed by atoms with Gasteiger partial charge < -0.3 is 30.9 Å². The van der Waals surface area contributed by atoms with Crippen LogP contribution in [-0.4, -0.2) is 73.7 Å². The van der Waals surface area contributed by atoms with Crippen molar-refractivity contribution in [2.75, 3.05) is 37.4 Å². The number of hydrogen-bond donors (Lipinski definition) is 5. The van der Waals surface area contributed by atoms with Crippen molar-refractivity contribution in [3.05, 3.63) is 16.3 Å². The summed E-state index contributed by atoms with van der Waals surface area (Å²) in [5.41, 5.74) is 1.02. The standard InChI is InChI=1S/C23H36N6O3S/c1-13-17(20-26-15-10-29(5)9-7-16(15)33-20)19(27-21(25-13)24-12-22(2,3)4)28-23(32)8-6-14(11-30)18(23)31/h14,18,30-32H,6-12H2,1-5H3,(H2,24,25,27,28). The average Bonchev–Trinajstić information content (AvgIpc) is 3.26. The van der Waals surface area contributed by atoms with Gasteiger partial charge in [0.2, 0.25) is 5.95 Å². The molecule has 1 saturated carbocycles. The van der Waals surface area contributed by atoms with Gasteiger partial charge in [0.15, 0.2) is 5.72 Å². The van der Waals surface area contributed by atoms with E-state index in [1.807, 2.05) is 6.92 Å². The molecular weight excluding hydrogens is 440 g/mol. The number of rotatable bonds is 6. The zero-order valence-electron chi connectivity index (χ0n) is 20.1. The largest absolute Gasteiger partial charge is 0.396 e. The van der Waals surface area contributed by atoms with Gasteiger partial charge in [0.25, 0.3) is 0 Å². The van der Waals surface area contributed by atoms with Crippen molar-refractivity contribution in [1.29, 1.82) is 0 Å². The lowest BCUT2D eigenvalue weighted by atomic mass is 9.97. The van der Waals surface area contributed by atoms with Crippen LogP contribution in [0.15, 0.2) is 0 Å².